The van der Waals surface area contributed by atoms with Gasteiger partial charge >= 0.3 is 0 Å². The van der Waals surface area contributed by atoms with Gasteiger partial charge in [0.05, 0.1) is 11.1 Å². The number of ether oxygens (including phenoxy) is 2. The Bertz CT molecular complexity index is 3380. The molecule has 1 unspecified atom stereocenters. The monoisotopic (exact) mass is 819 g/mol. The van der Waals surface area contributed by atoms with Crippen molar-refractivity contribution in [2.75, 3.05) is 4.90 Å². The highest BCUT2D eigenvalue weighted by Crippen LogP contribution is 2.67. The summed E-state index contributed by atoms with van der Waals surface area (Å²) in [6, 6.07) is 76.1. The molecule has 0 bridgehead atoms. The largest absolute Gasteiger partial charge is 0.449 e. The number of hydrogen-bond acceptors (Lipinski definition) is 3. The molecule has 1 heterocycles. The van der Waals surface area contributed by atoms with Crippen molar-refractivity contribution in [2.24, 2.45) is 0 Å². The van der Waals surface area contributed by atoms with E-state index in [1.165, 1.54) is 55.7 Å². The summed E-state index contributed by atoms with van der Waals surface area (Å²) in [5, 5.41) is 0. The summed E-state index contributed by atoms with van der Waals surface area (Å²) in [5.74, 6) is 2.82. The van der Waals surface area contributed by atoms with Crippen molar-refractivity contribution in [1.82, 2.24) is 0 Å². The smallest absolute Gasteiger partial charge is 0.194 e. The quantitative estimate of drug-likeness (QED) is 0.167. The van der Waals surface area contributed by atoms with Crippen LogP contribution in [0.3, 0.4) is 0 Å². The third kappa shape index (κ3) is 5.47. The zero-order valence-corrected chi connectivity index (χ0v) is 35.0. The van der Waals surface area contributed by atoms with Crippen LogP contribution in [0.4, 0.5) is 17.1 Å². The van der Waals surface area contributed by atoms with Crippen LogP contribution in [0.15, 0.2) is 230 Å². The average Bonchev–Trinajstić information content (AvgIpc) is 3.85. The van der Waals surface area contributed by atoms with Crippen LogP contribution in [0.5, 0.6) is 23.0 Å². The van der Waals surface area contributed by atoms with Crippen molar-refractivity contribution < 1.29 is 9.47 Å². The molecule has 0 radical (unpaired) electrons. The predicted octanol–water partition coefficient (Wildman–Crippen LogP) is 16.5. The summed E-state index contributed by atoms with van der Waals surface area (Å²) in [5.41, 5.74) is 19.8. The second kappa shape index (κ2) is 14.5. The molecule has 64 heavy (non-hydrogen) atoms. The van der Waals surface area contributed by atoms with Crippen LogP contribution in [-0.2, 0) is 5.41 Å². The first-order valence-electron chi connectivity index (χ1n) is 22.2. The van der Waals surface area contributed by atoms with E-state index in [9.17, 15) is 0 Å². The molecule has 13 rings (SSSR count). The van der Waals surface area contributed by atoms with E-state index >= 15 is 0 Å². The molecule has 0 amide bonds. The number of allylic oxidation sites excluding steroid dienone is 4. The standard InChI is InChI=1S/C61H41NO2/c1-3-16-40(17-4-1)42-32-34-46(35-33-42)62(47-23-14-22-45(39-47)44-21-13-20-43(38-44)41-18-5-2-6-19-41)55-30-15-31-56-59(55)63-57-37-36-54-58(60(57)64-56)50-26-9-12-29-53(50)61(54)51-27-10-7-24-48(51)49-25-8-11-28-52(49)61/h1-7,9-24,26-39H,8,25H2. The first kappa shape index (κ1) is 36.5. The first-order valence-corrected chi connectivity index (χ1v) is 22.2. The van der Waals surface area contributed by atoms with Gasteiger partial charge in [0, 0.05) is 16.9 Å². The van der Waals surface area contributed by atoms with Crippen molar-refractivity contribution in [3.8, 4) is 67.5 Å². The zero-order valence-electron chi connectivity index (χ0n) is 35.0. The number of fused-ring (bicyclic) bond motifs is 12. The molecular weight excluding hydrogens is 779 g/mol. The van der Waals surface area contributed by atoms with E-state index in [4.69, 9.17) is 9.47 Å². The van der Waals surface area contributed by atoms with Crippen LogP contribution >= 0.6 is 0 Å². The van der Waals surface area contributed by atoms with Crippen molar-refractivity contribution in [2.45, 2.75) is 18.3 Å². The average molecular weight is 820 g/mol. The van der Waals surface area contributed by atoms with E-state index in [0.29, 0.717) is 17.2 Å². The van der Waals surface area contributed by atoms with E-state index in [2.05, 4.69) is 223 Å². The minimum Gasteiger partial charge on any atom is -0.449 e. The molecule has 0 N–H and O–H groups in total. The first-order chi connectivity index (χ1) is 31.7. The molecule has 9 aromatic carbocycles. The van der Waals surface area contributed by atoms with E-state index < -0.39 is 5.41 Å². The molecule has 4 aliphatic rings. The molecular formula is C61H41NO2. The Morgan fingerprint density at radius 2 is 0.984 bits per heavy atom. The molecule has 1 aliphatic heterocycles. The Labute approximate surface area is 373 Å². The van der Waals surface area contributed by atoms with Crippen molar-refractivity contribution in [3.05, 3.63) is 252 Å². The number of para-hydroxylation sites is 1. The van der Waals surface area contributed by atoms with Gasteiger partial charge in [0.15, 0.2) is 23.0 Å². The predicted molar refractivity (Wildman–Crippen MR) is 261 cm³/mol. The Morgan fingerprint density at radius 1 is 0.406 bits per heavy atom. The molecule has 1 atom stereocenters. The van der Waals surface area contributed by atoms with E-state index in [1.54, 1.807) is 0 Å². The summed E-state index contributed by atoms with van der Waals surface area (Å²) < 4.78 is 14.4. The van der Waals surface area contributed by atoms with Crippen LogP contribution in [0, 0.1) is 0 Å². The maximum absolute atomic E-state index is 7.21. The van der Waals surface area contributed by atoms with Gasteiger partial charge in [-0.05, 0) is 134 Å². The van der Waals surface area contributed by atoms with E-state index in [-0.39, 0.29) is 0 Å². The molecule has 0 saturated heterocycles. The third-order valence-corrected chi connectivity index (χ3v) is 13.6. The van der Waals surface area contributed by atoms with Gasteiger partial charge in [0.25, 0.3) is 0 Å². The van der Waals surface area contributed by atoms with Gasteiger partial charge in [-0.3, -0.25) is 0 Å². The number of nitrogens with zero attached hydrogens (tertiary/aromatic N) is 1. The molecule has 3 aliphatic carbocycles. The third-order valence-electron chi connectivity index (χ3n) is 13.6. The summed E-state index contributed by atoms with van der Waals surface area (Å²) >= 11 is 0. The minimum atomic E-state index is -0.427. The molecule has 9 aromatic rings. The van der Waals surface area contributed by atoms with Crippen LogP contribution in [0.25, 0.3) is 50.1 Å². The fourth-order valence-corrected chi connectivity index (χ4v) is 10.9. The summed E-state index contributed by atoms with van der Waals surface area (Å²) in [6.45, 7) is 0. The normalized spacial score (nSPS) is 15.9. The lowest BCUT2D eigenvalue weighted by atomic mass is 9.69. The van der Waals surface area contributed by atoms with Gasteiger partial charge in [0.2, 0.25) is 0 Å². The fraction of sp³-hybridized carbons (Fsp3) is 0.0492. The number of benzene rings is 9. The van der Waals surface area contributed by atoms with Gasteiger partial charge in [0.1, 0.15) is 0 Å². The SMILES string of the molecule is C1=CC2=C(CC1)c1ccccc1C21c2ccccc2-c2c1ccc1c2Oc2cccc(N(c3ccc(-c4ccccc4)cc3)c3cccc(-c4cccc(-c5ccccc5)c4)c3)c2O1. The van der Waals surface area contributed by atoms with Crippen LogP contribution in [-0.4, -0.2) is 0 Å². The Balaban J connectivity index is 0.952. The van der Waals surface area contributed by atoms with Crippen LogP contribution in [0.2, 0.25) is 0 Å². The lowest BCUT2D eigenvalue weighted by Gasteiger charge is -2.33. The topological polar surface area (TPSA) is 21.7 Å². The minimum absolute atomic E-state index is 0.427. The Hall–Kier alpha value is -8.14. The number of anilines is 3. The van der Waals surface area contributed by atoms with Crippen molar-refractivity contribution in [1.29, 1.82) is 0 Å². The van der Waals surface area contributed by atoms with Gasteiger partial charge in [-0.2, -0.15) is 0 Å². The molecule has 1 spiro atoms. The molecule has 3 nitrogen and oxygen atoms in total. The maximum Gasteiger partial charge on any atom is 0.194 e. The van der Waals surface area contributed by atoms with Crippen LogP contribution < -0.4 is 14.4 Å². The fourth-order valence-electron chi connectivity index (χ4n) is 10.9. The highest BCUT2D eigenvalue weighted by molar-refractivity contribution is 5.99. The van der Waals surface area contributed by atoms with Gasteiger partial charge in [-0.25, -0.2) is 0 Å². The lowest BCUT2D eigenvalue weighted by molar-refractivity contribution is 0.361. The number of rotatable bonds is 6. The molecule has 0 saturated carbocycles. The Morgan fingerprint density at radius 3 is 1.77 bits per heavy atom. The summed E-state index contributed by atoms with van der Waals surface area (Å²) in [6.07, 6.45) is 6.83. The van der Waals surface area contributed by atoms with Crippen LogP contribution in [0.1, 0.15) is 35.1 Å². The second-order valence-electron chi connectivity index (χ2n) is 17.0. The molecule has 3 heteroatoms. The zero-order chi connectivity index (χ0) is 42.2. The molecule has 0 aromatic heterocycles. The Kier molecular flexibility index (Phi) is 8.26. The van der Waals surface area contributed by atoms with Crippen molar-refractivity contribution in [3.63, 3.8) is 0 Å². The molecule has 0 fully saturated rings. The molecule has 302 valence electrons. The second-order valence-corrected chi connectivity index (χ2v) is 17.0. The lowest BCUT2D eigenvalue weighted by Crippen LogP contribution is -2.27. The maximum atomic E-state index is 7.21. The van der Waals surface area contributed by atoms with Crippen molar-refractivity contribution >= 4 is 22.6 Å². The number of hydrogen-bond donors (Lipinski definition) is 0. The summed E-state index contributed by atoms with van der Waals surface area (Å²) in [7, 11) is 0. The van der Waals surface area contributed by atoms with E-state index in [1.807, 2.05) is 6.07 Å². The van der Waals surface area contributed by atoms with Gasteiger partial charge in [-0.1, -0.05) is 176 Å². The van der Waals surface area contributed by atoms with Gasteiger partial charge < -0.3 is 14.4 Å². The highest BCUT2D eigenvalue weighted by atomic mass is 16.6. The van der Waals surface area contributed by atoms with E-state index in [0.717, 1.165) is 57.9 Å². The summed E-state index contributed by atoms with van der Waals surface area (Å²) in [4.78, 5) is 2.29. The highest BCUT2D eigenvalue weighted by Gasteiger charge is 2.53. The van der Waals surface area contributed by atoms with Gasteiger partial charge in [-0.15, -0.1) is 0 Å².